The van der Waals surface area contributed by atoms with Crippen molar-refractivity contribution in [1.82, 2.24) is 0 Å². The molecule has 0 aliphatic rings. The molecule has 0 saturated heterocycles. The van der Waals surface area contributed by atoms with Gasteiger partial charge in [0.25, 0.3) is 5.91 Å². The summed E-state index contributed by atoms with van der Waals surface area (Å²) in [7, 11) is 0. The van der Waals surface area contributed by atoms with E-state index < -0.39 is 24.5 Å². The van der Waals surface area contributed by atoms with Gasteiger partial charge in [0.2, 0.25) is 0 Å². The van der Waals surface area contributed by atoms with Crippen LogP contribution in [-0.2, 0) is 19.1 Å². The lowest BCUT2D eigenvalue weighted by atomic mass is 10.2. The Labute approximate surface area is 161 Å². The minimum atomic E-state index is -0.706. The van der Waals surface area contributed by atoms with Crippen LogP contribution in [-0.4, -0.2) is 37.7 Å². The largest absolute Gasteiger partial charge is 0.480 e. The highest BCUT2D eigenvalue weighted by atomic mass is 35.5. The number of rotatable bonds is 8. The maximum Gasteiger partial charge on any atom is 0.344 e. The monoisotopic (exact) mass is 391 g/mol. The van der Waals surface area contributed by atoms with Gasteiger partial charge in [-0.25, -0.2) is 9.59 Å². The van der Waals surface area contributed by atoms with E-state index in [2.05, 4.69) is 5.32 Å². The molecule has 0 aliphatic carbocycles. The van der Waals surface area contributed by atoms with Crippen LogP contribution < -0.4 is 10.1 Å². The number of carbonyl (C=O) groups excluding carboxylic acids is 3. The normalized spacial score (nSPS) is 10.0. The zero-order valence-electron chi connectivity index (χ0n) is 14.6. The fraction of sp³-hybridized carbons (Fsp3) is 0.211. The highest BCUT2D eigenvalue weighted by Crippen LogP contribution is 2.22. The summed E-state index contributed by atoms with van der Waals surface area (Å²) < 4.78 is 14.9. The van der Waals surface area contributed by atoms with Gasteiger partial charge in [-0.05, 0) is 43.3 Å². The number of esters is 2. The second-order valence-electron chi connectivity index (χ2n) is 5.23. The van der Waals surface area contributed by atoms with Crippen molar-refractivity contribution in [3.63, 3.8) is 0 Å². The fourth-order valence-electron chi connectivity index (χ4n) is 1.99. The topological polar surface area (TPSA) is 90.9 Å². The molecule has 1 amide bonds. The van der Waals surface area contributed by atoms with Crippen molar-refractivity contribution in [2.45, 2.75) is 6.92 Å². The summed E-state index contributed by atoms with van der Waals surface area (Å²) in [6.45, 7) is 1.16. The maximum absolute atomic E-state index is 11.8. The van der Waals surface area contributed by atoms with Crippen LogP contribution in [0.2, 0.25) is 5.02 Å². The molecule has 0 radical (unpaired) electrons. The van der Waals surface area contributed by atoms with E-state index >= 15 is 0 Å². The number of nitrogens with one attached hydrogen (secondary N) is 1. The Bertz CT molecular complexity index is 806. The van der Waals surface area contributed by atoms with Crippen molar-refractivity contribution < 1.29 is 28.6 Å². The van der Waals surface area contributed by atoms with Crippen molar-refractivity contribution in [2.75, 3.05) is 25.1 Å². The van der Waals surface area contributed by atoms with Gasteiger partial charge in [0.05, 0.1) is 17.2 Å². The number of ether oxygens (including phenoxy) is 3. The van der Waals surface area contributed by atoms with E-state index in [-0.39, 0.29) is 13.2 Å². The van der Waals surface area contributed by atoms with E-state index in [0.717, 1.165) is 0 Å². The molecule has 8 heteroatoms. The van der Waals surface area contributed by atoms with E-state index in [9.17, 15) is 14.4 Å². The molecular formula is C19H18ClNO6. The third-order valence-corrected chi connectivity index (χ3v) is 3.54. The van der Waals surface area contributed by atoms with Crippen molar-refractivity contribution in [2.24, 2.45) is 0 Å². The van der Waals surface area contributed by atoms with Crippen molar-refractivity contribution in [3.05, 3.63) is 59.1 Å². The van der Waals surface area contributed by atoms with Gasteiger partial charge in [-0.1, -0.05) is 23.7 Å². The highest BCUT2D eigenvalue weighted by Gasteiger charge is 2.11. The van der Waals surface area contributed by atoms with E-state index in [1.807, 2.05) is 0 Å². The Balaban J connectivity index is 1.74. The summed E-state index contributed by atoms with van der Waals surface area (Å²) in [4.78, 5) is 35.0. The molecule has 1 N–H and O–H groups in total. The molecule has 0 spiro atoms. The third-order valence-electron chi connectivity index (χ3n) is 3.23. The van der Waals surface area contributed by atoms with E-state index in [1.165, 1.54) is 12.1 Å². The molecule has 2 rings (SSSR count). The molecule has 142 valence electrons. The number of anilines is 1. The van der Waals surface area contributed by atoms with E-state index in [1.54, 1.807) is 43.3 Å². The number of para-hydroxylation sites is 1. The van der Waals surface area contributed by atoms with Crippen LogP contribution in [0.25, 0.3) is 0 Å². The van der Waals surface area contributed by atoms with Gasteiger partial charge in [0, 0.05) is 5.69 Å². The van der Waals surface area contributed by atoms with Crippen LogP contribution >= 0.6 is 11.6 Å². The van der Waals surface area contributed by atoms with Gasteiger partial charge in [0.15, 0.2) is 13.2 Å². The number of hydrogen-bond acceptors (Lipinski definition) is 6. The minimum Gasteiger partial charge on any atom is -0.480 e. The molecule has 0 bridgehead atoms. The van der Waals surface area contributed by atoms with Crippen molar-refractivity contribution in [3.8, 4) is 5.75 Å². The molecule has 0 saturated carbocycles. The molecule has 27 heavy (non-hydrogen) atoms. The third kappa shape index (κ3) is 6.63. The molecule has 2 aromatic carbocycles. The number of carbonyl (C=O) groups is 3. The van der Waals surface area contributed by atoms with Gasteiger partial charge in [-0.3, -0.25) is 4.79 Å². The van der Waals surface area contributed by atoms with Crippen molar-refractivity contribution >= 4 is 35.1 Å². The average molecular weight is 392 g/mol. The summed E-state index contributed by atoms with van der Waals surface area (Å²) >= 11 is 5.90. The van der Waals surface area contributed by atoms with E-state index in [0.29, 0.717) is 22.0 Å². The zero-order valence-corrected chi connectivity index (χ0v) is 15.3. The maximum atomic E-state index is 11.8. The van der Waals surface area contributed by atoms with Crippen molar-refractivity contribution in [1.29, 1.82) is 0 Å². The van der Waals surface area contributed by atoms with Crippen LogP contribution in [0.5, 0.6) is 5.75 Å². The molecule has 0 unspecified atom stereocenters. The van der Waals surface area contributed by atoms with Crippen LogP contribution in [0.15, 0.2) is 48.5 Å². The molecule has 7 nitrogen and oxygen atoms in total. The summed E-state index contributed by atoms with van der Waals surface area (Å²) in [6, 6.07) is 12.8. The molecule has 0 atom stereocenters. The lowest BCUT2D eigenvalue weighted by Gasteiger charge is -2.09. The van der Waals surface area contributed by atoms with Gasteiger partial charge >= 0.3 is 11.9 Å². The summed E-state index contributed by atoms with van der Waals surface area (Å²) in [6.07, 6.45) is 0. The second kappa shape index (κ2) is 10.2. The first-order valence-electron chi connectivity index (χ1n) is 8.09. The zero-order chi connectivity index (χ0) is 19.6. The minimum absolute atomic E-state index is 0.281. The standard InChI is InChI=1S/C19H18ClNO6/c1-2-25-19(24)13-7-9-14(10-8-13)21-17(22)11-27-18(23)12-26-16-6-4-3-5-15(16)20/h3-10H,2,11-12H2,1H3,(H,21,22). The van der Waals surface area contributed by atoms with E-state index in [4.69, 9.17) is 25.8 Å². The van der Waals surface area contributed by atoms with Crippen LogP contribution in [0.1, 0.15) is 17.3 Å². The predicted molar refractivity (Wildman–Crippen MR) is 98.9 cm³/mol. The molecular weight excluding hydrogens is 374 g/mol. The quantitative estimate of drug-likeness (QED) is 0.695. The Morgan fingerprint density at radius 2 is 1.67 bits per heavy atom. The lowest BCUT2D eigenvalue weighted by molar-refractivity contribution is -0.149. The van der Waals surface area contributed by atoms with Crippen LogP contribution in [0.4, 0.5) is 5.69 Å². The molecule has 2 aromatic rings. The van der Waals surface area contributed by atoms with Gasteiger partial charge in [-0.2, -0.15) is 0 Å². The van der Waals surface area contributed by atoms with Crippen LogP contribution in [0.3, 0.4) is 0 Å². The first-order chi connectivity index (χ1) is 13.0. The SMILES string of the molecule is CCOC(=O)c1ccc(NC(=O)COC(=O)COc2ccccc2Cl)cc1. The second-order valence-corrected chi connectivity index (χ2v) is 5.63. The van der Waals surface area contributed by atoms with Crippen LogP contribution in [0, 0.1) is 0 Å². The Hall–Kier alpha value is -3.06. The Morgan fingerprint density at radius 3 is 2.33 bits per heavy atom. The molecule has 0 aliphatic heterocycles. The molecule has 0 heterocycles. The van der Waals surface area contributed by atoms with Gasteiger partial charge in [0.1, 0.15) is 5.75 Å². The van der Waals surface area contributed by atoms with Gasteiger partial charge < -0.3 is 19.5 Å². The fourth-order valence-corrected chi connectivity index (χ4v) is 2.18. The summed E-state index contributed by atoms with van der Waals surface area (Å²) in [5, 5.41) is 2.92. The Morgan fingerprint density at radius 1 is 0.963 bits per heavy atom. The smallest absolute Gasteiger partial charge is 0.344 e. The lowest BCUT2D eigenvalue weighted by Crippen LogP contribution is -2.23. The first kappa shape index (κ1) is 20.3. The number of amides is 1. The number of benzene rings is 2. The predicted octanol–water partition coefficient (Wildman–Crippen LogP) is 3.08. The summed E-state index contributed by atoms with van der Waals surface area (Å²) in [5.41, 5.74) is 0.828. The number of halogens is 1. The number of hydrogen-bond donors (Lipinski definition) is 1. The first-order valence-corrected chi connectivity index (χ1v) is 8.47. The molecule has 0 fully saturated rings. The van der Waals surface area contributed by atoms with Gasteiger partial charge in [-0.15, -0.1) is 0 Å². The summed E-state index contributed by atoms with van der Waals surface area (Å²) in [5.74, 6) is -1.32. The highest BCUT2D eigenvalue weighted by molar-refractivity contribution is 6.32. The average Bonchev–Trinajstić information content (AvgIpc) is 2.66. The molecule has 0 aromatic heterocycles. The Kier molecular flexibility index (Phi) is 7.63.